The molecule has 1 aliphatic heterocycles. The third-order valence-corrected chi connectivity index (χ3v) is 4.90. The van der Waals surface area contributed by atoms with Crippen molar-refractivity contribution >= 4 is 32.9 Å². The second-order valence-corrected chi connectivity index (χ2v) is 7.07. The number of imidazole rings is 1. The molecule has 0 unspecified atom stereocenters. The molecule has 0 radical (unpaired) electrons. The average molecular weight is 435 g/mol. The number of rotatable bonds is 5. The number of fused-ring (bicyclic) bond motifs is 1. The normalized spacial score (nSPS) is 16.2. The second kappa shape index (κ2) is 7.28. The minimum absolute atomic E-state index is 0.0554. The van der Waals surface area contributed by atoms with Crippen molar-refractivity contribution in [1.82, 2.24) is 9.55 Å². The van der Waals surface area contributed by atoms with E-state index in [4.69, 9.17) is 14.2 Å². The van der Waals surface area contributed by atoms with Gasteiger partial charge in [-0.1, -0.05) is 15.9 Å². The van der Waals surface area contributed by atoms with Crippen LogP contribution in [0.5, 0.6) is 11.8 Å². The van der Waals surface area contributed by atoms with E-state index in [-0.39, 0.29) is 17.9 Å². The predicted molar refractivity (Wildman–Crippen MR) is 99.6 cm³/mol. The first-order valence-corrected chi connectivity index (χ1v) is 9.17. The van der Waals surface area contributed by atoms with Gasteiger partial charge < -0.3 is 14.2 Å². The minimum Gasteiger partial charge on any atom is -0.465 e. The van der Waals surface area contributed by atoms with Gasteiger partial charge in [0.05, 0.1) is 36.4 Å². The molecule has 0 amide bonds. The molecule has 4 rings (SSSR count). The number of ether oxygens (including phenoxy) is 3. The van der Waals surface area contributed by atoms with Crippen molar-refractivity contribution < 1.29 is 23.4 Å². The van der Waals surface area contributed by atoms with Crippen LogP contribution in [0.4, 0.5) is 4.39 Å². The molecule has 1 atom stereocenters. The molecule has 0 N–H and O–H groups in total. The van der Waals surface area contributed by atoms with E-state index in [2.05, 4.69) is 20.9 Å². The van der Waals surface area contributed by atoms with Crippen molar-refractivity contribution in [3.05, 3.63) is 52.3 Å². The van der Waals surface area contributed by atoms with Gasteiger partial charge in [0.25, 0.3) is 0 Å². The largest absolute Gasteiger partial charge is 0.465 e. The summed E-state index contributed by atoms with van der Waals surface area (Å²) in [6.07, 6.45) is 0.992. The summed E-state index contributed by atoms with van der Waals surface area (Å²) in [5.41, 5.74) is 1.71. The van der Waals surface area contributed by atoms with Gasteiger partial charge in [0.1, 0.15) is 0 Å². The van der Waals surface area contributed by atoms with E-state index in [9.17, 15) is 9.18 Å². The van der Waals surface area contributed by atoms with Gasteiger partial charge in [-0.15, -0.1) is 0 Å². The molecule has 0 aliphatic carbocycles. The maximum absolute atomic E-state index is 14.2. The van der Waals surface area contributed by atoms with Crippen LogP contribution in [-0.4, -0.2) is 35.3 Å². The van der Waals surface area contributed by atoms with E-state index in [0.717, 1.165) is 18.5 Å². The maximum atomic E-state index is 14.2. The Hall–Kier alpha value is -2.45. The first-order valence-electron chi connectivity index (χ1n) is 8.38. The molecule has 2 aromatic carbocycles. The lowest BCUT2D eigenvalue weighted by atomic mass is 10.1. The number of methoxy groups -OCH3 is 1. The summed E-state index contributed by atoms with van der Waals surface area (Å²) in [5, 5.41) is 0. The van der Waals surface area contributed by atoms with Crippen LogP contribution in [0.1, 0.15) is 16.8 Å². The third kappa shape index (κ3) is 3.54. The Bertz CT molecular complexity index is 1020. The Morgan fingerprint density at radius 3 is 2.85 bits per heavy atom. The Labute approximate surface area is 163 Å². The molecule has 0 spiro atoms. The zero-order valence-electron chi connectivity index (χ0n) is 14.4. The number of hydrogen-bond donors (Lipinski definition) is 0. The van der Waals surface area contributed by atoms with Crippen molar-refractivity contribution in [3.63, 3.8) is 0 Å². The number of carbonyl (C=O) groups is 1. The highest BCUT2D eigenvalue weighted by molar-refractivity contribution is 9.10. The summed E-state index contributed by atoms with van der Waals surface area (Å²) in [6, 6.07) is 9.86. The number of esters is 1. The molecule has 8 heteroatoms. The lowest BCUT2D eigenvalue weighted by Gasteiger charge is -2.27. The van der Waals surface area contributed by atoms with Gasteiger partial charge in [-0.05, 0) is 42.8 Å². The number of carbonyl (C=O) groups excluding carboxylic acids is 1. The number of halogens is 2. The Morgan fingerprint density at radius 1 is 1.37 bits per heavy atom. The molecule has 2 heterocycles. The second-order valence-electron chi connectivity index (χ2n) is 6.16. The average Bonchev–Trinajstić information content (AvgIpc) is 2.96. The van der Waals surface area contributed by atoms with Crippen LogP contribution >= 0.6 is 15.9 Å². The molecule has 0 bridgehead atoms. The van der Waals surface area contributed by atoms with E-state index in [0.29, 0.717) is 22.1 Å². The quantitative estimate of drug-likeness (QED) is 0.560. The van der Waals surface area contributed by atoms with Gasteiger partial charge >= 0.3 is 12.0 Å². The third-order valence-electron chi connectivity index (χ3n) is 4.41. The van der Waals surface area contributed by atoms with Crippen LogP contribution in [0.15, 0.2) is 40.9 Å². The molecule has 1 saturated heterocycles. The fraction of sp³-hybridized carbons (Fsp3) is 0.263. The topological polar surface area (TPSA) is 62.6 Å². The van der Waals surface area contributed by atoms with Crippen LogP contribution in [0.3, 0.4) is 0 Å². The smallest absolute Gasteiger partial charge is 0.337 e. The van der Waals surface area contributed by atoms with E-state index >= 15 is 0 Å². The minimum atomic E-state index is -0.502. The molecule has 27 heavy (non-hydrogen) atoms. The van der Waals surface area contributed by atoms with Crippen molar-refractivity contribution in [3.8, 4) is 11.8 Å². The lowest BCUT2D eigenvalue weighted by molar-refractivity contribution is -0.0593. The van der Waals surface area contributed by atoms with Crippen LogP contribution in [0, 0.1) is 5.82 Å². The Kier molecular flexibility index (Phi) is 4.84. The van der Waals surface area contributed by atoms with E-state index in [1.54, 1.807) is 24.3 Å². The lowest BCUT2D eigenvalue weighted by Crippen LogP contribution is -2.31. The standard InChI is InChI=1S/C19H16BrFN2O4/c1-25-18(24)11-2-4-16-15(8-11)22-19(23(16)10-13-6-7-26-13)27-17-5-3-12(20)9-14(17)21/h2-5,8-9,13H,6-7,10H2,1H3/t13-/m0/s1. The first kappa shape index (κ1) is 17.9. The van der Waals surface area contributed by atoms with Crippen molar-refractivity contribution in [2.75, 3.05) is 13.7 Å². The fourth-order valence-electron chi connectivity index (χ4n) is 2.90. The molecule has 1 aliphatic rings. The summed E-state index contributed by atoms with van der Waals surface area (Å²) in [7, 11) is 1.32. The van der Waals surface area contributed by atoms with Crippen LogP contribution in [-0.2, 0) is 16.0 Å². The first-order chi connectivity index (χ1) is 13.0. The SMILES string of the molecule is COC(=O)c1ccc2c(c1)nc(Oc1ccc(Br)cc1F)n2C[C@@H]1CCO1. The van der Waals surface area contributed by atoms with Crippen LogP contribution in [0.25, 0.3) is 11.0 Å². The predicted octanol–water partition coefficient (Wildman–Crippen LogP) is 4.31. The van der Waals surface area contributed by atoms with E-state index < -0.39 is 11.8 Å². The van der Waals surface area contributed by atoms with Gasteiger partial charge in [-0.25, -0.2) is 9.18 Å². The van der Waals surface area contributed by atoms with Gasteiger partial charge in [0.2, 0.25) is 0 Å². The number of aromatic nitrogens is 2. The van der Waals surface area contributed by atoms with Gasteiger partial charge in [-0.3, -0.25) is 4.57 Å². The summed E-state index contributed by atoms with van der Waals surface area (Å²) in [6.45, 7) is 1.25. The van der Waals surface area contributed by atoms with E-state index in [1.165, 1.54) is 19.2 Å². The van der Waals surface area contributed by atoms with E-state index in [1.807, 2.05) is 4.57 Å². The summed E-state index contributed by atoms with van der Waals surface area (Å²) in [5.74, 6) is -0.884. The molecule has 6 nitrogen and oxygen atoms in total. The molecule has 0 saturated carbocycles. The summed E-state index contributed by atoms with van der Waals surface area (Å²) < 4.78 is 32.7. The van der Waals surface area contributed by atoms with Crippen molar-refractivity contribution in [2.24, 2.45) is 0 Å². The summed E-state index contributed by atoms with van der Waals surface area (Å²) in [4.78, 5) is 16.2. The molecular weight excluding hydrogens is 419 g/mol. The number of benzene rings is 2. The molecular formula is C19H16BrFN2O4. The zero-order chi connectivity index (χ0) is 19.0. The fourth-order valence-corrected chi connectivity index (χ4v) is 3.23. The number of hydrogen-bond acceptors (Lipinski definition) is 5. The summed E-state index contributed by atoms with van der Waals surface area (Å²) >= 11 is 3.23. The van der Waals surface area contributed by atoms with Crippen LogP contribution < -0.4 is 4.74 Å². The molecule has 3 aromatic rings. The molecule has 140 valence electrons. The highest BCUT2D eigenvalue weighted by Gasteiger charge is 2.23. The Balaban J connectivity index is 1.76. The van der Waals surface area contributed by atoms with Gasteiger partial charge in [-0.2, -0.15) is 4.98 Å². The zero-order valence-corrected chi connectivity index (χ0v) is 16.0. The van der Waals surface area contributed by atoms with Gasteiger partial charge in [0.15, 0.2) is 11.6 Å². The molecule has 1 aromatic heterocycles. The van der Waals surface area contributed by atoms with Crippen molar-refractivity contribution in [2.45, 2.75) is 19.1 Å². The highest BCUT2D eigenvalue weighted by atomic mass is 79.9. The molecule has 1 fully saturated rings. The monoisotopic (exact) mass is 434 g/mol. The Morgan fingerprint density at radius 2 is 2.19 bits per heavy atom. The highest BCUT2D eigenvalue weighted by Crippen LogP contribution is 2.31. The number of nitrogens with zero attached hydrogens (tertiary/aromatic N) is 2. The maximum Gasteiger partial charge on any atom is 0.337 e. The van der Waals surface area contributed by atoms with Gasteiger partial charge in [0, 0.05) is 11.1 Å². The van der Waals surface area contributed by atoms with Crippen molar-refractivity contribution in [1.29, 1.82) is 0 Å². The van der Waals surface area contributed by atoms with Crippen LogP contribution in [0.2, 0.25) is 0 Å².